The molecule has 1 aliphatic heterocycles. The Hall–Kier alpha value is -1.34. The van der Waals surface area contributed by atoms with Gasteiger partial charge in [0.25, 0.3) is 0 Å². The van der Waals surface area contributed by atoms with Gasteiger partial charge in [-0.15, -0.1) is 0 Å². The third-order valence-electron chi connectivity index (χ3n) is 3.18. The first-order valence-corrected chi connectivity index (χ1v) is 7.63. The van der Waals surface area contributed by atoms with Crippen molar-refractivity contribution < 1.29 is 14.1 Å². The Kier molecular flexibility index (Phi) is 6.42. The molecule has 0 aromatic heterocycles. The van der Waals surface area contributed by atoms with E-state index in [1.165, 1.54) is 11.1 Å². The summed E-state index contributed by atoms with van der Waals surface area (Å²) in [5.41, 5.74) is 0. The van der Waals surface area contributed by atoms with E-state index in [4.69, 9.17) is 12.2 Å². The van der Waals surface area contributed by atoms with Crippen LogP contribution in [0.1, 0.15) is 19.8 Å². The topological polar surface area (TPSA) is 61.8 Å². The molecule has 1 atom stereocenters. The maximum Gasteiger partial charge on any atom is 0.246 e. The molecule has 2 amide bonds. The van der Waals surface area contributed by atoms with Gasteiger partial charge < -0.3 is 9.80 Å². The summed E-state index contributed by atoms with van der Waals surface area (Å²) < 4.78 is 0.787. The first-order valence-electron chi connectivity index (χ1n) is 7.23. The van der Waals surface area contributed by atoms with Gasteiger partial charge in [0.1, 0.15) is 0 Å². The van der Waals surface area contributed by atoms with Crippen molar-refractivity contribution in [2.24, 2.45) is 10.9 Å². The fourth-order valence-electron chi connectivity index (χ4n) is 1.83. The molecule has 21 heavy (non-hydrogen) atoms. The maximum absolute atomic E-state index is 12.3. The third-order valence-corrected chi connectivity index (χ3v) is 3.50. The Morgan fingerprint density at radius 3 is 2.62 bits per heavy atom. The van der Waals surface area contributed by atoms with Gasteiger partial charge in [-0.1, -0.05) is 13.3 Å². The van der Waals surface area contributed by atoms with Crippen LogP contribution in [0, 0.1) is 5.92 Å². The molecule has 1 aliphatic rings. The van der Waals surface area contributed by atoms with Gasteiger partial charge in [-0.05, 0) is 18.6 Å². The van der Waals surface area contributed by atoms with Gasteiger partial charge in [-0.3, -0.25) is 19.5 Å². The minimum absolute atomic E-state index is 0.203. The molecule has 1 rings (SSSR count). The van der Waals surface area contributed by atoms with Crippen LogP contribution in [0.4, 0.5) is 0 Å². The highest BCUT2D eigenvalue weighted by molar-refractivity contribution is 7.80. The number of aliphatic imine (C=N–C) groups is 1. The number of hydrogen-bond donors (Lipinski definition) is 1. The summed E-state index contributed by atoms with van der Waals surface area (Å²) in [6, 6.07) is 0. The Labute approximate surface area is 131 Å². The number of carbonyl (C=O) groups excluding carboxylic acids is 2. The highest BCUT2D eigenvalue weighted by Crippen LogP contribution is 2.10. The van der Waals surface area contributed by atoms with E-state index in [2.05, 4.69) is 31.5 Å². The molecule has 0 unspecified atom stereocenters. The number of nitrogens with zero attached hydrogens (tertiary/aromatic N) is 3. The molecule has 118 valence electrons. The van der Waals surface area contributed by atoms with Gasteiger partial charge in [0.15, 0.2) is 11.0 Å². The Balaban J connectivity index is 2.67. The molecule has 1 N–H and O–H groups in total. The second kappa shape index (κ2) is 7.61. The molecule has 0 bridgehead atoms. The lowest BCUT2D eigenvalue weighted by atomic mass is 10.1. The van der Waals surface area contributed by atoms with Gasteiger partial charge in [0.2, 0.25) is 11.8 Å². The number of amides is 2. The van der Waals surface area contributed by atoms with Crippen LogP contribution in [0.15, 0.2) is 4.99 Å². The van der Waals surface area contributed by atoms with Crippen LogP contribution in [-0.2, 0) is 9.59 Å². The monoisotopic (exact) mass is 313 g/mol. The van der Waals surface area contributed by atoms with E-state index in [1.54, 1.807) is 0 Å². The zero-order chi connectivity index (χ0) is 16.0. The number of carbonyl (C=O) groups is 2. The summed E-state index contributed by atoms with van der Waals surface area (Å²) in [5, 5.41) is 2.78. The zero-order valence-electron chi connectivity index (χ0n) is 13.3. The minimum Gasteiger partial charge on any atom is -0.329 e. The molecule has 1 fully saturated rings. The first kappa shape index (κ1) is 17.7. The summed E-state index contributed by atoms with van der Waals surface area (Å²) in [6.07, 6.45) is 3.27. The van der Waals surface area contributed by atoms with Gasteiger partial charge in [-0.25, -0.2) is 0 Å². The predicted molar refractivity (Wildman–Crippen MR) is 87.1 cm³/mol. The number of thiocarbonyl (C=S) groups is 1. The predicted octanol–water partition coefficient (Wildman–Crippen LogP) is 0.423. The van der Waals surface area contributed by atoms with Crippen molar-refractivity contribution in [1.29, 1.82) is 0 Å². The molecule has 0 aromatic rings. The summed E-state index contributed by atoms with van der Waals surface area (Å²) >= 11 is 5.06. The highest BCUT2D eigenvalue weighted by atomic mass is 32.1. The average molecular weight is 313 g/mol. The average Bonchev–Trinajstić information content (AvgIpc) is 2.36. The van der Waals surface area contributed by atoms with E-state index < -0.39 is 5.92 Å². The number of nitrogens with one attached hydrogen (secondary N) is 1. The molecule has 0 aromatic carbocycles. The van der Waals surface area contributed by atoms with Crippen LogP contribution in [0.25, 0.3) is 0 Å². The highest BCUT2D eigenvalue weighted by Gasteiger charge is 2.36. The van der Waals surface area contributed by atoms with Crippen LogP contribution >= 0.6 is 12.2 Å². The van der Waals surface area contributed by atoms with Crippen molar-refractivity contribution in [3.63, 3.8) is 0 Å². The van der Waals surface area contributed by atoms with Crippen molar-refractivity contribution in [2.75, 3.05) is 40.8 Å². The van der Waals surface area contributed by atoms with E-state index in [0.717, 1.165) is 23.9 Å². The molecule has 1 saturated heterocycles. The summed E-state index contributed by atoms with van der Waals surface area (Å²) in [6.45, 7) is 4.01. The summed E-state index contributed by atoms with van der Waals surface area (Å²) in [7, 11) is 6.21. The molecule has 1 heterocycles. The quantitative estimate of drug-likeness (QED) is 0.321. The zero-order valence-corrected chi connectivity index (χ0v) is 14.1. The number of quaternary nitrogens is 1. The van der Waals surface area contributed by atoms with E-state index in [9.17, 15) is 9.59 Å². The Bertz CT molecular complexity index is 443. The van der Waals surface area contributed by atoms with Crippen molar-refractivity contribution >= 4 is 35.4 Å². The normalized spacial score (nSPS) is 20.3. The molecule has 6 nitrogen and oxygen atoms in total. The molecule has 0 radical (unpaired) electrons. The van der Waals surface area contributed by atoms with Gasteiger partial charge in [0.05, 0.1) is 34.2 Å². The molecular weight excluding hydrogens is 288 g/mol. The van der Waals surface area contributed by atoms with Crippen molar-refractivity contribution in [2.45, 2.75) is 19.8 Å². The van der Waals surface area contributed by atoms with E-state index in [1.807, 2.05) is 6.92 Å². The van der Waals surface area contributed by atoms with Crippen LogP contribution in [-0.4, -0.2) is 73.3 Å². The number of unbranched alkanes of at least 4 members (excludes halogenated alkanes) is 1. The van der Waals surface area contributed by atoms with Gasteiger partial charge in [-0.2, -0.15) is 0 Å². The minimum atomic E-state index is -0.860. The molecular formula is C14H25N4O2S+. The summed E-state index contributed by atoms with van der Waals surface area (Å²) in [4.78, 5) is 29.9. The van der Waals surface area contributed by atoms with Crippen LogP contribution in [0.2, 0.25) is 0 Å². The number of hydrogen-bond acceptors (Lipinski definition) is 4. The maximum atomic E-state index is 12.3. The fourth-order valence-corrected chi connectivity index (χ4v) is 2.11. The SMILES string of the molecule is CCCCN1C(=O)[C@@H](C=NCC[N+](C)(C)C)C(=O)NC1=S. The fraction of sp³-hybridized carbons (Fsp3) is 0.714. The molecule has 0 saturated carbocycles. The molecule has 7 heteroatoms. The largest absolute Gasteiger partial charge is 0.329 e. The van der Waals surface area contributed by atoms with E-state index in [-0.39, 0.29) is 16.9 Å². The van der Waals surface area contributed by atoms with E-state index in [0.29, 0.717) is 13.1 Å². The Morgan fingerprint density at radius 1 is 1.38 bits per heavy atom. The molecule has 0 spiro atoms. The molecule has 0 aliphatic carbocycles. The second-order valence-corrected chi connectivity index (χ2v) is 6.57. The lowest BCUT2D eigenvalue weighted by Crippen LogP contribution is -2.58. The second-order valence-electron chi connectivity index (χ2n) is 6.18. The Morgan fingerprint density at radius 2 is 2.05 bits per heavy atom. The standard InChI is InChI=1S/C14H24N4O2S/c1-5-6-8-17-13(20)11(12(19)16-14(17)21)10-15-7-9-18(2,3)4/h10-11H,5-9H2,1-4H3/p+1/t11-/m0/s1. The van der Waals surface area contributed by atoms with Crippen LogP contribution in [0.5, 0.6) is 0 Å². The first-order chi connectivity index (χ1) is 9.76. The lowest BCUT2D eigenvalue weighted by molar-refractivity contribution is -0.868. The van der Waals surface area contributed by atoms with Gasteiger partial charge in [0, 0.05) is 12.8 Å². The number of rotatable bonds is 7. The lowest BCUT2D eigenvalue weighted by Gasteiger charge is -2.30. The smallest absolute Gasteiger partial charge is 0.246 e. The van der Waals surface area contributed by atoms with E-state index >= 15 is 0 Å². The number of likely N-dealkylation sites (N-methyl/N-ethyl adjacent to an activating group) is 1. The third kappa shape index (κ3) is 5.51. The van der Waals surface area contributed by atoms with Gasteiger partial charge >= 0.3 is 0 Å². The van der Waals surface area contributed by atoms with Crippen molar-refractivity contribution in [3.8, 4) is 0 Å². The van der Waals surface area contributed by atoms with Crippen molar-refractivity contribution in [1.82, 2.24) is 10.2 Å². The van der Waals surface area contributed by atoms with Crippen LogP contribution < -0.4 is 5.32 Å². The summed E-state index contributed by atoms with van der Waals surface area (Å²) in [5.74, 6) is -1.51. The van der Waals surface area contributed by atoms with Crippen molar-refractivity contribution in [3.05, 3.63) is 0 Å². The van der Waals surface area contributed by atoms with Crippen LogP contribution in [0.3, 0.4) is 0 Å².